The number of aromatic amines is 1. The minimum absolute atomic E-state index is 0.156. The van der Waals surface area contributed by atoms with Crippen LogP contribution in [-0.2, 0) is 13.0 Å². The summed E-state index contributed by atoms with van der Waals surface area (Å²) in [5.74, 6) is 0.559. The summed E-state index contributed by atoms with van der Waals surface area (Å²) in [5, 5.41) is 7.34. The molecule has 2 heterocycles. The molecule has 1 saturated heterocycles. The molecule has 25 heavy (non-hydrogen) atoms. The van der Waals surface area contributed by atoms with E-state index in [4.69, 9.17) is 0 Å². The van der Waals surface area contributed by atoms with Gasteiger partial charge in [-0.25, -0.2) is 4.39 Å². The molecular formula is C20H29FN4. The van der Waals surface area contributed by atoms with Crippen LogP contribution in [0.2, 0.25) is 0 Å². The largest absolute Gasteiger partial charge is 0.303 e. The monoisotopic (exact) mass is 344 g/mol. The molecule has 0 radical (unpaired) electrons. The molecule has 0 spiro atoms. The van der Waals surface area contributed by atoms with E-state index in [1.54, 1.807) is 12.1 Å². The summed E-state index contributed by atoms with van der Waals surface area (Å²) in [4.78, 5) is 4.94. The number of nitrogens with one attached hydrogen (secondary N) is 1. The maximum Gasteiger partial charge on any atom is 0.123 e. The van der Waals surface area contributed by atoms with Crippen molar-refractivity contribution in [1.29, 1.82) is 0 Å². The van der Waals surface area contributed by atoms with E-state index < -0.39 is 0 Å². The van der Waals surface area contributed by atoms with Crippen LogP contribution in [0.3, 0.4) is 0 Å². The highest BCUT2D eigenvalue weighted by Gasteiger charge is 2.21. The Morgan fingerprint density at radius 1 is 1.32 bits per heavy atom. The van der Waals surface area contributed by atoms with Gasteiger partial charge < -0.3 is 9.80 Å². The highest BCUT2D eigenvalue weighted by atomic mass is 19.1. The highest BCUT2D eigenvalue weighted by Crippen LogP contribution is 2.18. The average molecular weight is 344 g/mol. The molecule has 136 valence electrons. The summed E-state index contributed by atoms with van der Waals surface area (Å²) in [7, 11) is 2.18. The summed E-state index contributed by atoms with van der Waals surface area (Å²) in [6, 6.07) is 9.03. The molecule has 0 bridgehead atoms. The van der Waals surface area contributed by atoms with Crippen molar-refractivity contribution in [3.05, 3.63) is 53.1 Å². The maximum absolute atomic E-state index is 13.0. The lowest BCUT2D eigenvalue weighted by Crippen LogP contribution is -2.40. The smallest absolute Gasteiger partial charge is 0.123 e. The average Bonchev–Trinajstić information content (AvgIpc) is 2.99. The van der Waals surface area contributed by atoms with E-state index in [0.717, 1.165) is 44.0 Å². The van der Waals surface area contributed by atoms with Crippen molar-refractivity contribution >= 4 is 0 Å². The van der Waals surface area contributed by atoms with E-state index in [9.17, 15) is 4.39 Å². The van der Waals surface area contributed by atoms with Crippen LogP contribution in [0, 0.1) is 18.7 Å². The number of aromatic nitrogens is 2. The van der Waals surface area contributed by atoms with Gasteiger partial charge in [-0.15, -0.1) is 0 Å². The van der Waals surface area contributed by atoms with Gasteiger partial charge in [0.25, 0.3) is 0 Å². The Labute approximate surface area is 150 Å². The van der Waals surface area contributed by atoms with E-state index in [2.05, 4.69) is 33.1 Å². The molecule has 1 N–H and O–H groups in total. The number of piperidine rings is 1. The van der Waals surface area contributed by atoms with Gasteiger partial charge in [0.15, 0.2) is 0 Å². The number of hydrogen-bond donors (Lipinski definition) is 1. The Hall–Kier alpha value is -1.72. The van der Waals surface area contributed by atoms with Crippen LogP contribution in [0.15, 0.2) is 30.3 Å². The molecule has 4 nitrogen and oxygen atoms in total. The van der Waals surface area contributed by atoms with Crippen molar-refractivity contribution in [2.45, 2.75) is 32.7 Å². The summed E-state index contributed by atoms with van der Waals surface area (Å²) in [5.41, 5.74) is 3.45. The first-order chi connectivity index (χ1) is 12.1. The quantitative estimate of drug-likeness (QED) is 0.837. The van der Waals surface area contributed by atoms with Crippen LogP contribution in [0.4, 0.5) is 4.39 Å². The fraction of sp³-hybridized carbons (Fsp3) is 0.550. The summed E-state index contributed by atoms with van der Waals surface area (Å²) in [6.45, 7) is 7.45. The molecule has 0 aliphatic carbocycles. The Kier molecular flexibility index (Phi) is 6.21. The molecule has 2 aromatic rings. The van der Waals surface area contributed by atoms with E-state index in [-0.39, 0.29) is 5.82 Å². The molecule has 1 aromatic heterocycles. The van der Waals surface area contributed by atoms with Gasteiger partial charge in [-0.1, -0.05) is 12.1 Å². The number of H-pyrrole nitrogens is 1. The first-order valence-electron chi connectivity index (χ1n) is 9.25. The molecule has 1 aliphatic rings. The van der Waals surface area contributed by atoms with Crippen LogP contribution in [0.25, 0.3) is 0 Å². The van der Waals surface area contributed by atoms with Crippen molar-refractivity contribution in [2.75, 3.05) is 33.2 Å². The van der Waals surface area contributed by atoms with E-state index in [1.165, 1.54) is 24.9 Å². The second-order valence-corrected chi connectivity index (χ2v) is 7.42. The Balaban J connectivity index is 1.43. The zero-order valence-electron chi connectivity index (χ0n) is 15.3. The van der Waals surface area contributed by atoms with E-state index in [0.29, 0.717) is 5.92 Å². The minimum Gasteiger partial charge on any atom is -0.303 e. The highest BCUT2D eigenvalue weighted by molar-refractivity contribution is 5.16. The van der Waals surface area contributed by atoms with Crippen molar-refractivity contribution in [3.63, 3.8) is 0 Å². The molecule has 1 unspecified atom stereocenters. The number of aryl methyl sites for hydroxylation is 1. The number of rotatable bonds is 7. The molecule has 1 fully saturated rings. The van der Waals surface area contributed by atoms with Crippen molar-refractivity contribution in [3.8, 4) is 0 Å². The number of likely N-dealkylation sites (tertiary alicyclic amines) is 1. The summed E-state index contributed by atoms with van der Waals surface area (Å²) in [6.07, 6.45) is 3.57. The molecule has 1 atom stereocenters. The minimum atomic E-state index is -0.156. The van der Waals surface area contributed by atoms with Gasteiger partial charge in [0.05, 0.1) is 5.69 Å². The van der Waals surface area contributed by atoms with Gasteiger partial charge in [-0.3, -0.25) is 5.10 Å². The zero-order valence-corrected chi connectivity index (χ0v) is 15.3. The third-order valence-electron chi connectivity index (χ3n) is 4.99. The summed E-state index contributed by atoms with van der Waals surface area (Å²) < 4.78 is 13.0. The SMILES string of the molecule is Cc1cc(CN(C)CC2CCCN(CCc3ccc(F)cc3)C2)n[nH]1. The molecule has 5 heteroatoms. The lowest BCUT2D eigenvalue weighted by atomic mass is 9.97. The molecule has 1 aliphatic heterocycles. The molecule has 0 amide bonds. The van der Waals surface area contributed by atoms with Gasteiger partial charge in [-0.2, -0.15) is 5.10 Å². The number of benzene rings is 1. The lowest BCUT2D eigenvalue weighted by Gasteiger charge is -2.34. The van der Waals surface area contributed by atoms with Crippen LogP contribution < -0.4 is 0 Å². The Morgan fingerprint density at radius 3 is 2.84 bits per heavy atom. The predicted octanol–water partition coefficient (Wildman–Crippen LogP) is 3.24. The Bertz CT molecular complexity index is 652. The molecular weight excluding hydrogens is 315 g/mol. The first-order valence-corrected chi connectivity index (χ1v) is 9.25. The standard InChI is InChI=1S/C20H29FN4/c1-16-12-20(23-22-16)15-24(2)13-18-4-3-10-25(14-18)11-9-17-5-7-19(21)8-6-17/h5-8,12,18H,3-4,9-11,13-15H2,1-2H3,(H,22,23). The van der Waals surface area contributed by atoms with Gasteiger partial charge in [-0.05, 0) is 69.5 Å². The van der Waals surface area contributed by atoms with Crippen LogP contribution in [0.5, 0.6) is 0 Å². The number of hydrogen-bond acceptors (Lipinski definition) is 3. The Morgan fingerprint density at radius 2 is 2.12 bits per heavy atom. The molecule has 1 aromatic carbocycles. The third-order valence-corrected chi connectivity index (χ3v) is 4.99. The second kappa shape index (κ2) is 8.59. The fourth-order valence-electron chi connectivity index (χ4n) is 3.78. The van der Waals surface area contributed by atoms with Gasteiger partial charge in [0.1, 0.15) is 5.82 Å². The van der Waals surface area contributed by atoms with Gasteiger partial charge >= 0.3 is 0 Å². The topological polar surface area (TPSA) is 35.2 Å². The predicted molar refractivity (Wildman–Crippen MR) is 98.9 cm³/mol. The number of nitrogens with zero attached hydrogens (tertiary/aromatic N) is 3. The van der Waals surface area contributed by atoms with Gasteiger partial charge in [0.2, 0.25) is 0 Å². The van der Waals surface area contributed by atoms with Crippen molar-refractivity contribution in [2.24, 2.45) is 5.92 Å². The molecule has 0 saturated carbocycles. The maximum atomic E-state index is 13.0. The number of halogens is 1. The summed E-state index contributed by atoms with van der Waals surface area (Å²) >= 11 is 0. The second-order valence-electron chi connectivity index (χ2n) is 7.42. The van der Waals surface area contributed by atoms with Crippen molar-refractivity contribution in [1.82, 2.24) is 20.0 Å². The van der Waals surface area contributed by atoms with Crippen molar-refractivity contribution < 1.29 is 4.39 Å². The van der Waals surface area contributed by atoms with Crippen LogP contribution >= 0.6 is 0 Å². The first kappa shape index (κ1) is 18.1. The third kappa shape index (κ3) is 5.65. The molecule has 3 rings (SSSR count). The van der Waals surface area contributed by atoms with E-state index >= 15 is 0 Å². The van der Waals surface area contributed by atoms with Gasteiger partial charge in [0, 0.05) is 31.9 Å². The normalized spacial score (nSPS) is 18.8. The fourth-order valence-corrected chi connectivity index (χ4v) is 3.78. The van der Waals surface area contributed by atoms with E-state index in [1.807, 2.05) is 19.1 Å². The lowest BCUT2D eigenvalue weighted by molar-refractivity contribution is 0.142. The van der Waals surface area contributed by atoms with Crippen LogP contribution in [0.1, 0.15) is 29.8 Å². The van der Waals surface area contributed by atoms with Crippen LogP contribution in [-0.4, -0.2) is 53.2 Å². The zero-order chi connectivity index (χ0) is 17.6.